The monoisotopic (exact) mass is 211 g/mol. The second-order valence-corrected chi connectivity index (χ2v) is 4.52. The molecular weight excluding hydrogens is 198 g/mol. The van der Waals surface area contributed by atoms with E-state index in [9.17, 15) is 0 Å². The van der Waals surface area contributed by atoms with Crippen LogP contribution in [-0.2, 0) is 6.42 Å². The number of aromatic nitrogens is 4. The highest BCUT2D eigenvalue weighted by Gasteiger charge is 2.10. The summed E-state index contributed by atoms with van der Waals surface area (Å²) < 4.78 is 1.78. The number of nitrogens with zero attached hydrogens (tertiary/aromatic N) is 4. The summed E-state index contributed by atoms with van der Waals surface area (Å²) in [6, 6.07) is 0. The first-order valence-electron chi connectivity index (χ1n) is 4.58. The maximum atomic E-state index is 5.56. The number of aryl methyl sites for hydroxylation is 1. The van der Waals surface area contributed by atoms with Gasteiger partial charge in [-0.1, -0.05) is 18.3 Å². The minimum Gasteiger partial charge on any atom is -0.330 e. The lowest BCUT2D eigenvalue weighted by molar-refractivity contribution is 0.585. The van der Waals surface area contributed by atoms with Crippen LogP contribution in [0.15, 0.2) is 0 Å². The highest BCUT2D eigenvalue weighted by molar-refractivity contribution is 7.16. The molecule has 76 valence electrons. The maximum absolute atomic E-state index is 5.56. The molecule has 2 heterocycles. The van der Waals surface area contributed by atoms with Crippen LogP contribution in [0.1, 0.15) is 17.8 Å². The zero-order valence-electron chi connectivity index (χ0n) is 8.27. The Kier molecular flexibility index (Phi) is 2.47. The molecule has 1 atom stereocenters. The molecule has 2 aromatic heterocycles. The first-order chi connectivity index (χ1) is 6.70. The van der Waals surface area contributed by atoms with Crippen LogP contribution in [0.4, 0.5) is 0 Å². The number of fused-ring (bicyclic) bond motifs is 1. The Balaban J connectivity index is 2.27. The fourth-order valence-corrected chi connectivity index (χ4v) is 2.26. The lowest BCUT2D eigenvalue weighted by Gasteiger charge is -2.02. The van der Waals surface area contributed by atoms with Crippen molar-refractivity contribution >= 4 is 16.3 Å². The van der Waals surface area contributed by atoms with Crippen LogP contribution in [0.25, 0.3) is 4.96 Å². The number of hydrogen-bond donors (Lipinski definition) is 1. The third kappa shape index (κ3) is 1.62. The van der Waals surface area contributed by atoms with E-state index in [2.05, 4.69) is 22.2 Å². The molecule has 5 nitrogen and oxygen atoms in total. The Morgan fingerprint density at radius 2 is 2.29 bits per heavy atom. The van der Waals surface area contributed by atoms with Crippen molar-refractivity contribution in [2.45, 2.75) is 20.3 Å². The van der Waals surface area contributed by atoms with Gasteiger partial charge in [0.1, 0.15) is 5.01 Å². The van der Waals surface area contributed by atoms with Gasteiger partial charge in [-0.05, 0) is 19.4 Å². The zero-order valence-corrected chi connectivity index (χ0v) is 9.08. The van der Waals surface area contributed by atoms with Crippen molar-refractivity contribution in [3.63, 3.8) is 0 Å². The van der Waals surface area contributed by atoms with E-state index in [1.807, 2.05) is 6.92 Å². The van der Waals surface area contributed by atoms with Crippen molar-refractivity contribution < 1.29 is 0 Å². The molecule has 0 aliphatic carbocycles. The molecule has 0 saturated carbocycles. The SMILES string of the molecule is Cc1nnc2sc(CC(C)CN)nn12. The van der Waals surface area contributed by atoms with Gasteiger partial charge in [-0.25, -0.2) is 0 Å². The third-order valence-corrected chi connectivity index (χ3v) is 3.04. The Morgan fingerprint density at radius 1 is 1.50 bits per heavy atom. The molecule has 2 N–H and O–H groups in total. The summed E-state index contributed by atoms with van der Waals surface area (Å²) in [5.41, 5.74) is 5.56. The molecule has 1 unspecified atom stereocenters. The highest BCUT2D eigenvalue weighted by atomic mass is 32.1. The minimum absolute atomic E-state index is 0.471. The molecule has 0 bridgehead atoms. The Hall–Kier alpha value is -1.01. The molecule has 0 aliphatic rings. The van der Waals surface area contributed by atoms with Gasteiger partial charge in [-0.3, -0.25) is 0 Å². The lowest BCUT2D eigenvalue weighted by atomic mass is 10.1. The van der Waals surface area contributed by atoms with E-state index >= 15 is 0 Å². The van der Waals surface area contributed by atoms with Crippen molar-refractivity contribution in [3.8, 4) is 0 Å². The van der Waals surface area contributed by atoms with E-state index in [0.29, 0.717) is 12.5 Å². The summed E-state index contributed by atoms with van der Waals surface area (Å²) in [5, 5.41) is 13.4. The smallest absolute Gasteiger partial charge is 0.234 e. The van der Waals surface area contributed by atoms with Gasteiger partial charge in [0, 0.05) is 6.42 Å². The largest absolute Gasteiger partial charge is 0.330 e. The van der Waals surface area contributed by atoms with Crippen molar-refractivity contribution in [2.24, 2.45) is 11.7 Å². The quantitative estimate of drug-likeness (QED) is 0.808. The van der Waals surface area contributed by atoms with E-state index in [4.69, 9.17) is 5.73 Å². The van der Waals surface area contributed by atoms with Gasteiger partial charge < -0.3 is 5.73 Å². The zero-order chi connectivity index (χ0) is 10.1. The molecule has 0 spiro atoms. The number of rotatable bonds is 3. The van der Waals surface area contributed by atoms with E-state index in [-0.39, 0.29) is 0 Å². The van der Waals surface area contributed by atoms with Gasteiger partial charge in [0.05, 0.1) is 0 Å². The lowest BCUT2D eigenvalue weighted by Crippen LogP contribution is -2.13. The molecule has 0 aliphatic heterocycles. The van der Waals surface area contributed by atoms with Crippen LogP contribution < -0.4 is 5.73 Å². The fourth-order valence-electron chi connectivity index (χ4n) is 1.22. The standard InChI is InChI=1S/C8H13N5S/c1-5(4-9)3-7-12-13-6(2)10-11-8(13)14-7/h5H,3-4,9H2,1-2H3. The maximum Gasteiger partial charge on any atom is 0.234 e. The van der Waals surface area contributed by atoms with Crippen LogP contribution in [0.3, 0.4) is 0 Å². The summed E-state index contributed by atoms with van der Waals surface area (Å²) in [6.07, 6.45) is 0.921. The first-order valence-corrected chi connectivity index (χ1v) is 5.40. The molecule has 0 radical (unpaired) electrons. The Bertz CT molecular complexity index is 432. The topological polar surface area (TPSA) is 69.1 Å². The first kappa shape index (κ1) is 9.54. The van der Waals surface area contributed by atoms with Gasteiger partial charge in [-0.15, -0.1) is 10.2 Å². The van der Waals surface area contributed by atoms with Crippen LogP contribution in [0, 0.1) is 12.8 Å². The molecule has 0 amide bonds. The predicted octanol–water partition coefficient (Wildman–Crippen LogP) is 0.632. The van der Waals surface area contributed by atoms with Crippen LogP contribution in [0.5, 0.6) is 0 Å². The van der Waals surface area contributed by atoms with E-state index in [1.54, 1.807) is 15.9 Å². The molecule has 0 fully saturated rings. The average molecular weight is 211 g/mol. The molecule has 14 heavy (non-hydrogen) atoms. The molecule has 0 saturated heterocycles. The normalized spacial score (nSPS) is 13.6. The molecule has 6 heteroatoms. The Labute approximate surface area is 86.0 Å². The molecule has 0 aromatic carbocycles. The Morgan fingerprint density at radius 3 is 2.93 bits per heavy atom. The second-order valence-electron chi connectivity index (χ2n) is 3.48. The summed E-state index contributed by atoms with van der Waals surface area (Å²) >= 11 is 1.58. The van der Waals surface area contributed by atoms with Crippen LogP contribution >= 0.6 is 11.3 Å². The summed E-state index contributed by atoms with van der Waals surface area (Å²) in [6.45, 7) is 4.71. The number of nitrogens with two attached hydrogens (primary N) is 1. The summed E-state index contributed by atoms with van der Waals surface area (Å²) in [7, 11) is 0. The van der Waals surface area contributed by atoms with E-state index in [0.717, 1.165) is 22.2 Å². The predicted molar refractivity (Wildman–Crippen MR) is 55.3 cm³/mol. The van der Waals surface area contributed by atoms with Gasteiger partial charge in [0.15, 0.2) is 5.82 Å². The van der Waals surface area contributed by atoms with Gasteiger partial charge in [0.2, 0.25) is 4.96 Å². The highest BCUT2D eigenvalue weighted by Crippen LogP contribution is 2.16. The molecule has 2 aromatic rings. The minimum atomic E-state index is 0.471. The van der Waals surface area contributed by atoms with Gasteiger partial charge in [-0.2, -0.15) is 9.61 Å². The second kappa shape index (κ2) is 3.62. The van der Waals surface area contributed by atoms with Crippen molar-refractivity contribution in [1.82, 2.24) is 19.8 Å². The third-order valence-electron chi connectivity index (χ3n) is 2.11. The van der Waals surface area contributed by atoms with Gasteiger partial charge >= 0.3 is 0 Å². The van der Waals surface area contributed by atoms with Crippen LogP contribution in [0.2, 0.25) is 0 Å². The van der Waals surface area contributed by atoms with Crippen molar-refractivity contribution in [2.75, 3.05) is 6.54 Å². The number of hydrogen-bond acceptors (Lipinski definition) is 5. The van der Waals surface area contributed by atoms with Crippen molar-refractivity contribution in [1.29, 1.82) is 0 Å². The van der Waals surface area contributed by atoms with Crippen molar-refractivity contribution in [3.05, 3.63) is 10.8 Å². The van der Waals surface area contributed by atoms with E-state index in [1.165, 1.54) is 0 Å². The fraction of sp³-hybridized carbons (Fsp3) is 0.625. The van der Waals surface area contributed by atoms with E-state index < -0.39 is 0 Å². The summed E-state index contributed by atoms with van der Waals surface area (Å²) in [5.74, 6) is 1.31. The average Bonchev–Trinajstić information content (AvgIpc) is 2.69. The molecule has 2 rings (SSSR count). The van der Waals surface area contributed by atoms with Crippen LogP contribution in [-0.4, -0.2) is 26.4 Å². The van der Waals surface area contributed by atoms with Gasteiger partial charge in [0.25, 0.3) is 0 Å². The summed E-state index contributed by atoms with van der Waals surface area (Å²) in [4.78, 5) is 0.863. The molecular formula is C8H13N5S.